The van der Waals surface area contributed by atoms with Crippen molar-refractivity contribution in [2.24, 2.45) is 11.3 Å². The van der Waals surface area contributed by atoms with Gasteiger partial charge in [0.15, 0.2) is 5.78 Å². The van der Waals surface area contributed by atoms with Crippen molar-refractivity contribution >= 4 is 28.9 Å². The van der Waals surface area contributed by atoms with Gasteiger partial charge in [-0.15, -0.1) is 11.3 Å². The quantitative estimate of drug-likeness (QED) is 0.100. The Hall–Kier alpha value is -5.50. The van der Waals surface area contributed by atoms with Crippen LogP contribution < -0.4 is 14.8 Å². The molecule has 0 unspecified atom stereocenters. The number of hydrogen-bond acceptors (Lipinski definition) is 11. The topological polar surface area (TPSA) is 153 Å². The summed E-state index contributed by atoms with van der Waals surface area (Å²) in [6.45, 7) is 8.19. The summed E-state index contributed by atoms with van der Waals surface area (Å²) in [5.41, 5.74) is 7.93. The summed E-state index contributed by atoms with van der Waals surface area (Å²) in [5, 5.41) is 13.5. The second-order valence-corrected chi connectivity index (χ2v) is 16.4. The monoisotopic (exact) mass is 805 g/mol. The van der Waals surface area contributed by atoms with Crippen LogP contribution in [0.2, 0.25) is 0 Å². The molecule has 58 heavy (non-hydrogen) atoms. The van der Waals surface area contributed by atoms with Crippen LogP contribution in [0, 0.1) is 18.3 Å². The van der Waals surface area contributed by atoms with Crippen molar-refractivity contribution in [3.05, 3.63) is 113 Å². The maximum Gasteiger partial charge on any atom is 0.243 e. The molecule has 3 aromatic carbocycles. The highest BCUT2D eigenvalue weighted by Gasteiger charge is 2.44. The summed E-state index contributed by atoms with van der Waals surface area (Å²) in [6, 6.07) is 24.5. The van der Waals surface area contributed by atoms with Crippen LogP contribution in [-0.4, -0.2) is 88.2 Å². The van der Waals surface area contributed by atoms with Crippen LogP contribution in [0.3, 0.4) is 0 Å². The first-order chi connectivity index (χ1) is 27.9. The molecule has 0 radical (unpaired) electrons. The van der Waals surface area contributed by atoms with E-state index in [0.29, 0.717) is 12.2 Å². The molecular weight excluding hydrogens is 755 g/mol. The van der Waals surface area contributed by atoms with E-state index < -0.39 is 23.5 Å². The number of methoxy groups -OCH3 is 1. The highest BCUT2D eigenvalue weighted by molar-refractivity contribution is 7.13. The molecule has 0 aliphatic carbocycles. The summed E-state index contributed by atoms with van der Waals surface area (Å²) in [7, 11) is 1.65. The number of nitrogens with one attached hydrogen (secondary N) is 1. The van der Waals surface area contributed by atoms with Gasteiger partial charge in [-0.05, 0) is 71.5 Å². The number of amides is 2. The number of carbonyl (C=O) groups excluding carboxylic acids is 3. The van der Waals surface area contributed by atoms with Crippen LogP contribution in [0.15, 0.2) is 90.7 Å². The Bertz CT molecular complexity index is 2150. The molecule has 2 aromatic heterocycles. The maximum absolute atomic E-state index is 14.0. The molecule has 13 heteroatoms. The van der Waals surface area contributed by atoms with Crippen LogP contribution >= 0.6 is 11.3 Å². The number of ether oxygens (including phenoxy) is 3. The fourth-order valence-electron chi connectivity index (χ4n) is 6.95. The summed E-state index contributed by atoms with van der Waals surface area (Å²) in [4.78, 5) is 56.3. The lowest BCUT2D eigenvalue weighted by molar-refractivity contribution is -0.146. The number of carbonyl (C=O) groups is 3. The second-order valence-electron chi connectivity index (χ2n) is 15.6. The number of likely N-dealkylation sites (tertiary alicyclic amines) is 1. The van der Waals surface area contributed by atoms with Crippen molar-refractivity contribution in [2.45, 2.75) is 65.6 Å². The molecule has 3 heterocycles. The Morgan fingerprint density at radius 1 is 0.914 bits per heavy atom. The lowest BCUT2D eigenvalue weighted by Gasteiger charge is -2.34. The van der Waals surface area contributed by atoms with Gasteiger partial charge >= 0.3 is 0 Å². The molecule has 5 aromatic rings. The Labute approximate surface area is 343 Å². The lowest BCUT2D eigenvalue weighted by Crippen LogP contribution is -2.50. The number of Topliss-reactive ketones (excluding diaryl/α,β-unsaturated/α-hetero) is 1. The molecule has 3 atom stereocenters. The van der Waals surface area contributed by atoms with Crippen molar-refractivity contribution in [3.8, 4) is 33.2 Å². The van der Waals surface area contributed by atoms with Crippen LogP contribution in [0.25, 0.3) is 21.7 Å². The molecule has 1 aliphatic heterocycles. The Morgan fingerprint density at radius 2 is 1.60 bits per heavy atom. The van der Waals surface area contributed by atoms with Crippen molar-refractivity contribution in [2.75, 3.05) is 33.5 Å². The van der Waals surface area contributed by atoms with Crippen molar-refractivity contribution in [1.29, 1.82) is 0 Å². The van der Waals surface area contributed by atoms with E-state index >= 15 is 0 Å². The fourth-order valence-corrected chi connectivity index (χ4v) is 7.76. The number of aryl methyl sites for hydroxylation is 1. The Morgan fingerprint density at radius 3 is 2.28 bits per heavy atom. The molecule has 2 amide bonds. The van der Waals surface area contributed by atoms with E-state index in [0.717, 1.165) is 50.0 Å². The molecule has 0 bridgehead atoms. The zero-order valence-electron chi connectivity index (χ0n) is 33.6. The highest BCUT2D eigenvalue weighted by Crippen LogP contribution is 2.34. The number of hydrogen-bond donors (Lipinski definition) is 2. The normalized spacial score (nSPS) is 15.9. The zero-order chi connectivity index (χ0) is 41.2. The summed E-state index contributed by atoms with van der Waals surface area (Å²) < 4.78 is 16.8. The first kappa shape index (κ1) is 42.1. The molecule has 304 valence electrons. The van der Waals surface area contributed by atoms with E-state index in [2.05, 4.69) is 20.3 Å². The molecule has 1 saturated heterocycles. The van der Waals surface area contributed by atoms with Gasteiger partial charge in [0.05, 0.1) is 41.6 Å². The molecule has 6 rings (SSSR count). The van der Waals surface area contributed by atoms with Crippen LogP contribution in [0.5, 0.6) is 11.5 Å². The number of aliphatic hydroxyl groups is 1. The fraction of sp³-hybridized carbons (Fsp3) is 0.378. The molecule has 1 aliphatic rings. The largest absolute Gasteiger partial charge is 0.497 e. The molecule has 1 fully saturated rings. The van der Waals surface area contributed by atoms with Crippen molar-refractivity contribution < 1.29 is 33.7 Å². The van der Waals surface area contributed by atoms with Crippen LogP contribution in [0.4, 0.5) is 0 Å². The van der Waals surface area contributed by atoms with Crippen LogP contribution in [-0.2, 0) is 32.1 Å². The smallest absolute Gasteiger partial charge is 0.243 e. The zero-order valence-corrected chi connectivity index (χ0v) is 34.5. The summed E-state index contributed by atoms with van der Waals surface area (Å²) in [5.74, 6) is -0.154. The van der Waals surface area contributed by atoms with E-state index in [9.17, 15) is 19.5 Å². The van der Waals surface area contributed by atoms with Gasteiger partial charge in [0.1, 0.15) is 37.1 Å². The highest BCUT2D eigenvalue weighted by atomic mass is 32.1. The first-order valence-corrected chi connectivity index (χ1v) is 20.3. The van der Waals surface area contributed by atoms with Gasteiger partial charge in [-0.2, -0.15) is 0 Å². The number of aliphatic hydroxyl groups excluding tert-OH is 1. The molecule has 0 spiro atoms. The van der Waals surface area contributed by atoms with Gasteiger partial charge in [0.2, 0.25) is 11.8 Å². The minimum Gasteiger partial charge on any atom is -0.497 e. The van der Waals surface area contributed by atoms with E-state index in [1.807, 2.05) is 112 Å². The molecule has 0 saturated carbocycles. The minimum absolute atomic E-state index is 0.0279. The molecule has 2 N–H and O–H groups in total. The van der Waals surface area contributed by atoms with Crippen molar-refractivity contribution in [1.82, 2.24) is 25.2 Å². The molecular formula is C45H51N5O7S. The average molecular weight is 806 g/mol. The number of nitrogens with zero attached hydrogens (tertiary/aromatic N) is 4. The van der Waals surface area contributed by atoms with Gasteiger partial charge in [-0.1, -0.05) is 57.2 Å². The lowest BCUT2D eigenvalue weighted by atomic mass is 9.77. The third-order valence-electron chi connectivity index (χ3n) is 10.2. The third kappa shape index (κ3) is 11.1. The standard InChI is InChI=1S/C45H51N5O7S/c1-29-42(58-28-49-29)33-10-6-31(7-11-33)24-46-43(53)41-23-35(51)25-50(41)44(54)39(45(2,3)4)22-36(52)26-56-18-19-57-38-16-12-32(13-17-38)40-21-34(47-27-48-40)20-30-8-14-37(55-5)15-9-30/h6-17,21,27-28,35,39,41,51H,18-20,22-26H2,1-5H3,(H,46,53)/t35-,39-,41+/m1/s1. The van der Waals surface area contributed by atoms with E-state index in [4.69, 9.17) is 14.2 Å². The SMILES string of the molecule is COc1ccc(Cc2cc(-c3ccc(OCCOCC(=O)C[C@H](C(=O)N4C[C@H](O)C[C@H]4C(=O)NCc4ccc(-c5scnc5C)cc4)C(C)(C)C)cc3)ncn2)cc1. The Balaban J connectivity index is 0.949. The van der Waals surface area contributed by atoms with Gasteiger partial charge in [-0.25, -0.2) is 15.0 Å². The van der Waals surface area contributed by atoms with E-state index in [-0.39, 0.29) is 63.3 Å². The summed E-state index contributed by atoms with van der Waals surface area (Å²) in [6.07, 6.45) is 1.47. The van der Waals surface area contributed by atoms with Crippen molar-refractivity contribution in [3.63, 3.8) is 0 Å². The molecule has 12 nitrogen and oxygen atoms in total. The third-order valence-corrected chi connectivity index (χ3v) is 11.2. The van der Waals surface area contributed by atoms with E-state index in [1.165, 1.54) is 4.90 Å². The Kier molecular flexibility index (Phi) is 14.0. The van der Waals surface area contributed by atoms with E-state index in [1.54, 1.807) is 24.8 Å². The predicted octanol–water partition coefficient (Wildman–Crippen LogP) is 6.47. The summed E-state index contributed by atoms with van der Waals surface area (Å²) >= 11 is 1.58. The van der Waals surface area contributed by atoms with Gasteiger partial charge in [0, 0.05) is 49.5 Å². The maximum atomic E-state index is 14.0. The first-order valence-electron chi connectivity index (χ1n) is 19.4. The van der Waals surface area contributed by atoms with Crippen LogP contribution in [0.1, 0.15) is 56.1 Å². The predicted molar refractivity (Wildman–Crippen MR) is 222 cm³/mol. The second kappa shape index (κ2) is 19.3. The number of rotatable bonds is 17. The minimum atomic E-state index is -0.840. The van der Waals surface area contributed by atoms with Gasteiger partial charge < -0.3 is 29.5 Å². The number of benzene rings is 3. The number of ketones is 1. The average Bonchev–Trinajstić information content (AvgIpc) is 3.84. The van der Waals surface area contributed by atoms with Gasteiger partial charge in [0.25, 0.3) is 0 Å². The number of β-amino-alcohol motifs (C(OH)–C–C–N with tert-alkyl or cyclic N) is 1. The van der Waals surface area contributed by atoms with Gasteiger partial charge in [-0.3, -0.25) is 14.4 Å². The number of thiazole rings is 1. The number of aromatic nitrogens is 3.